The molecule has 0 bridgehead atoms. The van der Waals surface area contributed by atoms with Crippen molar-refractivity contribution < 1.29 is 9.21 Å². The molecular weight excluding hydrogens is 254 g/mol. The zero-order chi connectivity index (χ0) is 13.9. The summed E-state index contributed by atoms with van der Waals surface area (Å²) >= 11 is 0. The van der Waals surface area contributed by atoms with Crippen molar-refractivity contribution >= 4 is 22.7 Å². The van der Waals surface area contributed by atoms with E-state index in [1.54, 1.807) is 12.1 Å². The minimum atomic E-state index is 0.200. The molecule has 0 atom stereocenters. The Kier molecular flexibility index (Phi) is 3.58. The van der Waals surface area contributed by atoms with E-state index >= 15 is 0 Å². The smallest absolute Gasteiger partial charge is 0.223 e. The van der Waals surface area contributed by atoms with E-state index in [0.717, 1.165) is 31.3 Å². The first-order valence-corrected chi connectivity index (χ1v) is 7.15. The van der Waals surface area contributed by atoms with Crippen LogP contribution in [-0.4, -0.2) is 22.3 Å². The lowest BCUT2D eigenvalue weighted by Crippen LogP contribution is -2.32. The lowest BCUT2D eigenvalue weighted by Gasteiger charge is -2.23. The van der Waals surface area contributed by atoms with Crippen molar-refractivity contribution in [3.8, 4) is 0 Å². The molecule has 1 aliphatic rings. The monoisotopic (exact) mass is 273 g/mol. The summed E-state index contributed by atoms with van der Waals surface area (Å²) in [4.78, 5) is 18.4. The van der Waals surface area contributed by atoms with Gasteiger partial charge in [-0.05, 0) is 25.0 Å². The first kappa shape index (κ1) is 13.0. The Bertz CT molecular complexity index is 621. The number of amides is 1. The Balaban J connectivity index is 1.78. The van der Waals surface area contributed by atoms with Gasteiger partial charge < -0.3 is 15.1 Å². The fourth-order valence-electron chi connectivity index (χ4n) is 2.60. The van der Waals surface area contributed by atoms with Crippen LogP contribution in [0.1, 0.15) is 38.0 Å². The summed E-state index contributed by atoms with van der Waals surface area (Å²) in [6.07, 6.45) is 5.02. The molecule has 2 heterocycles. The van der Waals surface area contributed by atoms with Crippen LogP contribution in [0.5, 0.6) is 0 Å². The number of carbonyl (C=O) groups excluding carboxylic acids is 1. The number of likely N-dealkylation sites (tertiary alicyclic amines) is 1. The number of oxazole rings is 1. The standard InChI is InChI=1S/C15H19N3O2/c16-11-6-7-12-13(9-11)20-14(17-12)10-18-8-4-2-1-3-5-15(18)19/h6-7,9H,1-5,8,10,16H2. The maximum absolute atomic E-state index is 12.1. The highest BCUT2D eigenvalue weighted by Crippen LogP contribution is 2.20. The van der Waals surface area contributed by atoms with E-state index in [2.05, 4.69) is 4.98 Å². The van der Waals surface area contributed by atoms with E-state index in [9.17, 15) is 4.79 Å². The van der Waals surface area contributed by atoms with Gasteiger partial charge in [0.25, 0.3) is 0 Å². The Hall–Kier alpha value is -2.04. The number of anilines is 1. The number of carbonyl (C=O) groups is 1. The summed E-state index contributed by atoms with van der Waals surface area (Å²) < 4.78 is 5.69. The number of hydrogen-bond donors (Lipinski definition) is 1. The number of rotatable bonds is 2. The molecule has 0 radical (unpaired) electrons. The summed E-state index contributed by atoms with van der Waals surface area (Å²) in [6.45, 7) is 1.24. The largest absolute Gasteiger partial charge is 0.439 e. The van der Waals surface area contributed by atoms with Crippen molar-refractivity contribution in [1.82, 2.24) is 9.88 Å². The molecule has 106 valence electrons. The second-order valence-electron chi connectivity index (χ2n) is 5.31. The quantitative estimate of drug-likeness (QED) is 0.854. The summed E-state index contributed by atoms with van der Waals surface area (Å²) in [6, 6.07) is 5.41. The van der Waals surface area contributed by atoms with Gasteiger partial charge in [0.2, 0.25) is 11.8 Å². The van der Waals surface area contributed by atoms with Gasteiger partial charge in [0.15, 0.2) is 5.58 Å². The van der Waals surface area contributed by atoms with Crippen LogP contribution in [0.25, 0.3) is 11.1 Å². The maximum atomic E-state index is 12.1. The number of benzene rings is 1. The van der Waals surface area contributed by atoms with Gasteiger partial charge in [-0.3, -0.25) is 4.79 Å². The van der Waals surface area contributed by atoms with Crippen molar-refractivity contribution in [2.75, 3.05) is 12.3 Å². The third-order valence-corrected chi connectivity index (χ3v) is 3.70. The van der Waals surface area contributed by atoms with Crippen LogP contribution in [0.3, 0.4) is 0 Å². The number of nitrogens with two attached hydrogens (primary N) is 1. The molecule has 1 aromatic heterocycles. The minimum absolute atomic E-state index is 0.200. The molecule has 0 saturated carbocycles. The van der Waals surface area contributed by atoms with Gasteiger partial charge in [0.05, 0.1) is 6.54 Å². The van der Waals surface area contributed by atoms with Crippen molar-refractivity contribution in [1.29, 1.82) is 0 Å². The zero-order valence-electron chi connectivity index (χ0n) is 11.5. The van der Waals surface area contributed by atoms with Crippen LogP contribution in [0, 0.1) is 0 Å². The van der Waals surface area contributed by atoms with Crippen molar-refractivity contribution in [3.63, 3.8) is 0 Å². The first-order chi connectivity index (χ1) is 9.72. The lowest BCUT2D eigenvalue weighted by molar-refractivity contribution is -0.132. The summed E-state index contributed by atoms with van der Waals surface area (Å²) in [5.74, 6) is 0.783. The predicted octanol–water partition coefficient (Wildman–Crippen LogP) is 2.70. The van der Waals surface area contributed by atoms with Gasteiger partial charge in [0.1, 0.15) is 5.52 Å². The fourth-order valence-corrected chi connectivity index (χ4v) is 2.60. The van der Waals surface area contributed by atoms with E-state index in [1.807, 2.05) is 11.0 Å². The highest BCUT2D eigenvalue weighted by Gasteiger charge is 2.18. The average Bonchev–Trinajstić information content (AvgIpc) is 2.80. The van der Waals surface area contributed by atoms with Gasteiger partial charge in [-0.1, -0.05) is 12.8 Å². The first-order valence-electron chi connectivity index (χ1n) is 7.15. The Morgan fingerprint density at radius 3 is 3.00 bits per heavy atom. The molecule has 0 spiro atoms. The number of hydrogen-bond acceptors (Lipinski definition) is 4. The van der Waals surface area contributed by atoms with Gasteiger partial charge in [-0.25, -0.2) is 4.98 Å². The van der Waals surface area contributed by atoms with E-state index in [-0.39, 0.29) is 5.91 Å². The molecule has 2 N–H and O–H groups in total. The molecule has 0 aliphatic carbocycles. The molecule has 5 nitrogen and oxygen atoms in total. The van der Waals surface area contributed by atoms with Crippen molar-refractivity contribution in [3.05, 3.63) is 24.1 Å². The third-order valence-electron chi connectivity index (χ3n) is 3.70. The summed E-state index contributed by atoms with van der Waals surface area (Å²) in [5.41, 5.74) is 7.85. The van der Waals surface area contributed by atoms with Gasteiger partial charge in [0, 0.05) is 24.7 Å². The van der Waals surface area contributed by atoms with Crippen LogP contribution < -0.4 is 5.73 Å². The van der Waals surface area contributed by atoms with Gasteiger partial charge in [-0.2, -0.15) is 0 Å². The molecular formula is C15H19N3O2. The van der Waals surface area contributed by atoms with Crippen LogP contribution in [-0.2, 0) is 11.3 Å². The van der Waals surface area contributed by atoms with Gasteiger partial charge in [-0.15, -0.1) is 0 Å². The normalized spacial score (nSPS) is 17.2. The van der Waals surface area contributed by atoms with E-state index in [4.69, 9.17) is 10.2 Å². The van der Waals surface area contributed by atoms with Crippen molar-refractivity contribution in [2.24, 2.45) is 0 Å². The Labute approximate surface area is 117 Å². The lowest BCUT2D eigenvalue weighted by atomic mass is 10.1. The molecule has 1 amide bonds. The zero-order valence-corrected chi connectivity index (χ0v) is 11.5. The molecule has 1 aliphatic heterocycles. The fraction of sp³-hybridized carbons (Fsp3) is 0.467. The molecule has 0 unspecified atom stereocenters. The maximum Gasteiger partial charge on any atom is 0.223 e. The number of aromatic nitrogens is 1. The molecule has 1 aromatic carbocycles. The van der Waals surface area contributed by atoms with Crippen LogP contribution in [0.15, 0.2) is 22.6 Å². The van der Waals surface area contributed by atoms with Gasteiger partial charge >= 0.3 is 0 Å². The third kappa shape index (κ3) is 2.76. The van der Waals surface area contributed by atoms with E-state index in [0.29, 0.717) is 30.1 Å². The molecule has 1 fully saturated rings. The molecule has 1 saturated heterocycles. The number of nitrogen functional groups attached to an aromatic ring is 1. The average molecular weight is 273 g/mol. The molecule has 20 heavy (non-hydrogen) atoms. The summed E-state index contributed by atoms with van der Waals surface area (Å²) in [5, 5.41) is 0. The number of nitrogens with zero attached hydrogens (tertiary/aromatic N) is 2. The highest BCUT2D eigenvalue weighted by molar-refractivity contribution is 5.77. The number of fused-ring (bicyclic) bond motifs is 1. The minimum Gasteiger partial charge on any atom is -0.439 e. The Morgan fingerprint density at radius 2 is 2.10 bits per heavy atom. The van der Waals surface area contributed by atoms with Crippen LogP contribution >= 0.6 is 0 Å². The second kappa shape index (κ2) is 5.53. The van der Waals surface area contributed by atoms with E-state index in [1.165, 1.54) is 6.42 Å². The topological polar surface area (TPSA) is 72.4 Å². The SMILES string of the molecule is Nc1ccc2nc(CN3CCCCCCC3=O)oc2c1. The predicted molar refractivity (Wildman–Crippen MR) is 76.9 cm³/mol. The molecule has 5 heteroatoms. The van der Waals surface area contributed by atoms with Crippen LogP contribution in [0.2, 0.25) is 0 Å². The highest BCUT2D eigenvalue weighted by atomic mass is 16.3. The summed E-state index contributed by atoms with van der Waals surface area (Å²) in [7, 11) is 0. The van der Waals surface area contributed by atoms with Crippen LogP contribution in [0.4, 0.5) is 5.69 Å². The molecule has 3 rings (SSSR count). The molecule has 2 aromatic rings. The van der Waals surface area contributed by atoms with E-state index < -0.39 is 0 Å². The second-order valence-corrected chi connectivity index (χ2v) is 5.31. The van der Waals surface area contributed by atoms with Crippen molar-refractivity contribution in [2.45, 2.75) is 38.6 Å². The Morgan fingerprint density at radius 1 is 1.25 bits per heavy atom.